The van der Waals surface area contributed by atoms with Crippen molar-refractivity contribution in [3.63, 3.8) is 0 Å². The lowest BCUT2D eigenvalue weighted by Gasteiger charge is -2.26. The molecule has 0 aromatic heterocycles. The Labute approximate surface area is 198 Å². The van der Waals surface area contributed by atoms with E-state index in [4.69, 9.17) is 5.73 Å². The van der Waals surface area contributed by atoms with Gasteiger partial charge >= 0.3 is 0 Å². The standard InChI is InChI=1S/C27H40N3O3/c1-19(25(28)32)10-17-24(31)29-23(26(33)30-27(2,3)4)18-22-15-13-21(14-16-22)12-11-20-8-6-5-7-9-20/h11-17,19-20,23H,5-10,18H2,1-4H3,(H2,28,32)(H,29,31)(H,30,33). The summed E-state index contributed by atoms with van der Waals surface area (Å²) in [5.74, 6) is -0.851. The van der Waals surface area contributed by atoms with Crippen molar-refractivity contribution in [2.45, 2.75) is 84.2 Å². The fraction of sp³-hybridized carbons (Fsp3) is 0.556. The Hall–Kier alpha value is -2.63. The molecule has 1 aliphatic rings. The van der Waals surface area contributed by atoms with Crippen LogP contribution in [0.3, 0.4) is 0 Å². The Balaban J connectivity index is 2.01. The van der Waals surface area contributed by atoms with Crippen LogP contribution in [-0.2, 0) is 20.8 Å². The zero-order valence-electron chi connectivity index (χ0n) is 20.5. The highest BCUT2D eigenvalue weighted by Crippen LogP contribution is 2.25. The molecule has 1 radical (unpaired) electrons. The number of nitrogens with one attached hydrogen (secondary N) is 2. The highest BCUT2D eigenvalue weighted by molar-refractivity contribution is 5.92. The minimum Gasteiger partial charge on any atom is -0.369 e. The lowest BCUT2D eigenvalue weighted by atomic mass is 9.89. The first-order valence-corrected chi connectivity index (χ1v) is 12.1. The quantitative estimate of drug-likeness (QED) is 0.499. The second-order valence-electron chi connectivity index (χ2n) is 10.2. The van der Waals surface area contributed by atoms with Gasteiger partial charge in [-0.3, -0.25) is 14.4 Å². The third kappa shape index (κ3) is 10.2. The van der Waals surface area contributed by atoms with E-state index in [0.29, 0.717) is 12.3 Å². The molecule has 181 valence electrons. The number of carbonyl (C=O) groups excluding carboxylic acids is 3. The van der Waals surface area contributed by atoms with E-state index in [1.54, 1.807) is 6.92 Å². The predicted octanol–water partition coefficient (Wildman–Crippen LogP) is 3.94. The molecule has 33 heavy (non-hydrogen) atoms. The van der Waals surface area contributed by atoms with Crippen LogP contribution in [0.1, 0.15) is 77.3 Å². The van der Waals surface area contributed by atoms with Crippen molar-refractivity contribution in [2.24, 2.45) is 17.6 Å². The zero-order valence-corrected chi connectivity index (χ0v) is 20.5. The number of hydrogen-bond acceptors (Lipinski definition) is 3. The maximum Gasteiger partial charge on any atom is 0.243 e. The minimum atomic E-state index is -0.722. The maximum atomic E-state index is 12.9. The van der Waals surface area contributed by atoms with Gasteiger partial charge in [-0.2, -0.15) is 0 Å². The van der Waals surface area contributed by atoms with Gasteiger partial charge in [-0.05, 0) is 57.1 Å². The molecule has 1 aromatic rings. The van der Waals surface area contributed by atoms with Crippen LogP contribution in [0.2, 0.25) is 0 Å². The molecule has 6 nitrogen and oxygen atoms in total. The average molecular weight is 455 g/mol. The number of benzene rings is 1. The van der Waals surface area contributed by atoms with Crippen molar-refractivity contribution in [1.29, 1.82) is 0 Å². The van der Waals surface area contributed by atoms with E-state index in [2.05, 4.69) is 34.9 Å². The molecular formula is C27H40N3O3. The Morgan fingerprint density at radius 1 is 1.09 bits per heavy atom. The Kier molecular flexibility index (Phi) is 10.1. The highest BCUT2D eigenvalue weighted by Gasteiger charge is 2.25. The number of carbonyl (C=O) groups is 3. The molecule has 6 heteroatoms. The summed E-state index contributed by atoms with van der Waals surface area (Å²) in [5, 5.41) is 5.74. The third-order valence-corrected chi connectivity index (χ3v) is 5.90. The molecule has 1 aliphatic carbocycles. The maximum absolute atomic E-state index is 12.9. The monoisotopic (exact) mass is 454 g/mol. The first-order chi connectivity index (χ1) is 15.5. The van der Waals surface area contributed by atoms with Gasteiger partial charge in [0.05, 0.1) is 6.42 Å². The molecule has 1 saturated carbocycles. The van der Waals surface area contributed by atoms with Crippen molar-refractivity contribution in [2.75, 3.05) is 0 Å². The second kappa shape index (κ2) is 12.6. The zero-order chi connectivity index (χ0) is 24.4. The first kappa shape index (κ1) is 26.6. The largest absolute Gasteiger partial charge is 0.369 e. The molecule has 2 unspecified atom stereocenters. The number of primary amides is 1. The number of allylic oxidation sites excluding steroid dienone is 1. The molecule has 0 spiro atoms. The molecule has 0 saturated heterocycles. The van der Waals surface area contributed by atoms with Crippen LogP contribution in [0, 0.1) is 18.3 Å². The molecule has 0 aliphatic heterocycles. The van der Waals surface area contributed by atoms with E-state index in [1.165, 1.54) is 38.5 Å². The normalized spacial score (nSPS) is 16.8. The van der Waals surface area contributed by atoms with E-state index in [1.807, 2.05) is 32.9 Å². The summed E-state index contributed by atoms with van der Waals surface area (Å²) in [5.41, 5.74) is 6.94. The summed E-state index contributed by atoms with van der Waals surface area (Å²) < 4.78 is 0. The van der Waals surface area contributed by atoms with Crippen LogP contribution >= 0.6 is 0 Å². The average Bonchev–Trinajstić information content (AvgIpc) is 2.76. The number of hydrogen-bond donors (Lipinski definition) is 3. The molecule has 4 N–H and O–H groups in total. The van der Waals surface area contributed by atoms with E-state index < -0.39 is 23.4 Å². The van der Waals surface area contributed by atoms with Gasteiger partial charge in [0.2, 0.25) is 17.7 Å². The lowest BCUT2D eigenvalue weighted by Crippen LogP contribution is -2.53. The van der Waals surface area contributed by atoms with Gasteiger partial charge in [-0.15, -0.1) is 0 Å². The van der Waals surface area contributed by atoms with Crippen LogP contribution in [-0.4, -0.2) is 29.3 Å². The van der Waals surface area contributed by atoms with E-state index in [0.717, 1.165) is 11.1 Å². The van der Waals surface area contributed by atoms with Gasteiger partial charge in [-0.25, -0.2) is 0 Å². The molecule has 2 rings (SSSR count). The van der Waals surface area contributed by atoms with Crippen molar-refractivity contribution in [3.05, 3.63) is 47.9 Å². The summed E-state index contributed by atoms with van der Waals surface area (Å²) in [4.78, 5) is 36.5. The van der Waals surface area contributed by atoms with Crippen LogP contribution in [0.15, 0.2) is 30.3 Å². The van der Waals surface area contributed by atoms with Crippen LogP contribution in [0.4, 0.5) is 0 Å². The van der Waals surface area contributed by atoms with Crippen molar-refractivity contribution < 1.29 is 14.4 Å². The van der Waals surface area contributed by atoms with Crippen LogP contribution in [0.5, 0.6) is 0 Å². The Morgan fingerprint density at radius 3 is 2.30 bits per heavy atom. The fourth-order valence-corrected chi connectivity index (χ4v) is 3.87. The predicted molar refractivity (Wildman–Crippen MR) is 133 cm³/mol. The number of nitrogens with two attached hydrogens (primary N) is 1. The second-order valence-corrected chi connectivity index (χ2v) is 10.2. The lowest BCUT2D eigenvalue weighted by molar-refractivity contribution is -0.128. The van der Waals surface area contributed by atoms with E-state index in [-0.39, 0.29) is 18.2 Å². The molecule has 0 bridgehead atoms. The molecule has 3 amide bonds. The molecule has 0 heterocycles. The minimum absolute atomic E-state index is 0.233. The van der Waals surface area contributed by atoms with Gasteiger partial charge in [0.1, 0.15) is 6.04 Å². The van der Waals surface area contributed by atoms with Gasteiger partial charge in [0.25, 0.3) is 0 Å². The van der Waals surface area contributed by atoms with E-state index in [9.17, 15) is 14.4 Å². The summed E-state index contributed by atoms with van der Waals surface area (Å²) in [7, 11) is 0. The summed E-state index contributed by atoms with van der Waals surface area (Å²) >= 11 is 0. The topological polar surface area (TPSA) is 101 Å². The van der Waals surface area contributed by atoms with Gasteiger partial charge in [0, 0.05) is 17.9 Å². The van der Waals surface area contributed by atoms with Crippen LogP contribution in [0.25, 0.3) is 6.08 Å². The smallest absolute Gasteiger partial charge is 0.243 e. The molecule has 1 fully saturated rings. The molecule has 2 atom stereocenters. The molecular weight excluding hydrogens is 414 g/mol. The van der Waals surface area contributed by atoms with Gasteiger partial charge in [-0.1, -0.05) is 62.6 Å². The summed E-state index contributed by atoms with van der Waals surface area (Å²) in [6, 6.07) is 7.39. The van der Waals surface area contributed by atoms with Crippen LogP contribution < -0.4 is 16.4 Å². The SMILES string of the molecule is CC(C[CH]C(=O)NC(Cc1ccc(C=CC2CCCCC2)cc1)C(=O)NC(C)(C)C)C(N)=O. The number of amides is 3. The van der Waals surface area contributed by atoms with Gasteiger partial charge < -0.3 is 16.4 Å². The van der Waals surface area contributed by atoms with Crippen molar-refractivity contribution in [3.8, 4) is 0 Å². The van der Waals surface area contributed by atoms with Crippen molar-refractivity contribution >= 4 is 23.8 Å². The summed E-state index contributed by atoms with van der Waals surface area (Å²) in [6.07, 6.45) is 13.0. The van der Waals surface area contributed by atoms with Gasteiger partial charge in [0.15, 0.2) is 0 Å². The first-order valence-electron chi connectivity index (χ1n) is 12.1. The van der Waals surface area contributed by atoms with E-state index >= 15 is 0 Å². The number of rotatable bonds is 10. The van der Waals surface area contributed by atoms with Crippen molar-refractivity contribution in [1.82, 2.24) is 10.6 Å². The fourth-order valence-electron chi connectivity index (χ4n) is 3.87. The summed E-state index contributed by atoms with van der Waals surface area (Å²) in [6.45, 7) is 7.37. The Morgan fingerprint density at radius 2 is 1.73 bits per heavy atom. The Bertz CT molecular complexity index is 818. The third-order valence-electron chi connectivity index (χ3n) is 5.90. The molecule has 1 aromatic carbocycles. The highest BCUT2D eigenvalue weighted by atomic mass is 16.2.